The summed E-state index contributed by atoms with van der Waals surface area (Å²) in [6.07, 6.45) is 1.02. The number of rotatable bonds is 3. The van der Waals surface area contributed by atoms with Gasteiger partial charge >= 0.3 is 0 Å². The fourth-order valence-electron chi connectivity index (χ4n) is 2.81. The van der Waals surface area contributed by atoms with Crippen LogP contribution in [0.15, 0.2) is 24.3 Å². The number of nitrogens with zero attached hydrogens (tertiary/aromatic N) is 2. The Morgan fingerprint density at radius 2 is 2.20 bits per heavy atom. The summed E-state index contributed by atoms with van der Waals surface area (Å²) in [6, 6.07) is 9.00. The minimum absolute atomic E-state index is 0.0311. The van der Waals surface area contributed by atoms with E-state index < -0.39 is 0 Å². The lowest BCUT2D eigenvalue weighted by Gasteiger charge is -2.42. The van der Waals surface area contributed by atoms with Crippen molar-refractivity contribution in [2.45, 2.75) is 38.8 Å². The van der Waals surface area contributed by atoms with Gasteiger partial charge in [0.25, 0.3) is 0 Å². The van der Waals surface area contributed by atoms with E-state index in [1.54, 1.807) is 11.5 Å². The van der Waals surface area contributed by atoms with E-state index in [0.29, 0.717) is 6.04 Å². The third kappa shape index (κ3) is 2.87. The van der Waals surface area contributed by atoms with Crippen LogP contribution in [-0.2, 0) is 11.2 Å². The minimum Gasteiger partial charge on any atom is -0.373 e. The van der Waals surface area contributed by atoms with Crippen molar-refractivity contribution in [3.05, 3.63) is 30.0 Å². The highest BCUT2D eigenvalue weighted by Crippen LogP contribution is 2.24. The highest BCUT2D eigenvalue weighted by Gasteiger charge is 2.31. The van der Waals surface area contributed by atoms with Gasteiger partial charge in [0.05, 0.1) is 22.6 Å². The van der Waals surface area contributed by atoms with Crippen LogP contribution in [0.4, 0.5) is 0 Å². The molecule has 1 saturated heterocycles. The van der Waals surface area contributed by atoms with Gasteiger partial charge in [0.2, 0.25) is 0 Å². The van der Waals surface area contributed by atoms with Gasteiger partial charge in [0, 0.05) is 30.9 Å². The SMILES string of the molecule is C[C@H]1COC(C)(C)CN1CCc1nsc2ccccc12. The van der Waals surface area contributed by atoms with Gasteiger partial charge in [-0.2, -0.15) is 4.37 Å². The molecule has 0 unspecified atom stereocenters. The predicted octanol–water partition coefficient (Wildman–Crippen LogP) is 3.34. The molecule has 0 radical (unpaired) electrons. The Hall–Kier alpha value is -0.970. The van der Waals surface area contributed by atoms with Gasteiger partial charge in [-0.25, -0.2) is 0 Å². The van der Waals surface area contributed by atoms with E-state index in [2.05, 4.69) is 54.3 Å². The first-order valence-corrected chi connectivity index (χ1v) is 8.04. The Balaban J connectivity index is 1.69. The van der Waals surface area contributed by atoms with E-state index in [-0.39, 0.29) is 5.60 Å². The molecule has 0 saturated carbocycles. The Morgan fingerprint density at radius 3 is 3.05 bits per heavy atom. The molecule has 0 bridgehead atoms. The number of morpholine rings is 1. The second kappa shape index (κ2) is 5.43. The largest absolute Gasteiger partial charge is 0.373 e. The second-order valence-electron chi connectivity index (χ2n) is 6.27. The molecule has 3 rings (SSSR count). The molecule has 2 heterocycles. The third-order valence-electron chi connectivity index (χ3n) is 4.01. The van der Waals surface area contributed by atoms with Crippen molar-refractivity contribution in [3.8, 4) is 0 Å². The fourth-order valence-corrected chi connectivity index (χ4v) is 3.63. The number of hydrogen-bond donors (Lipinski definition) is 0. The van der Waals surface area contributed by atoms with E-state index >= 15 is 0 Å². The van der Waals surface area contributed by atoms with Crippen molar-refractivity contribution in [2.24, 2.45) is 0 Å². The lowest BCUT2D eigenvalue weighted by atomic mass is 10.0. The number of aromatic nitrogens is 1. The predicted molar refractivity (Wildman–Crippen MR) is 84.4 cm³/mol. The third-order valence-corrected chi connectivity index (χ3v) is 4.87. The molecular formula is C16H22N2OS. The molecule has 1 aliphatic rings. The van der Waals surface area contributed by atoms with Crippen molar-refractivity contribution in [3.63, 3.8) is 0 Å². The summed E-state index contributed by atoms with van der Waals surface area (Å²) in [6.45, 7) is 9.46. The molecule has 1 atom stereocenters. The first-order valence-electron chi connectivity index (χ1n) is 7.26. The Morgan fingerprint density at radius 1 is 1.40 bits per heavy atom. The van der Waals surface area contributed by atoms with Crippen molar-refractivity contribution in [2.75, 3.05) is 19.7 Å². The first-order chi connectivity index (χ1) is 9.55. The molecule has 1 fully saturated rings. The Kier molecular flexibility index (Phi) is 3.80. The van der Waals surface area contributed by atoms with E-state index in [9.17, 15) is 0 Å². The number of ether oxygens (including phenoxy) is 1. The van der Waals surface area contributed by atoms with Crippen LogP contribution in [0.3, 0.4) is 0 Å². The second-order valence-corrected chi connectivity index (χ2v) is 7.07. The van der Waals surface area contributed by atoms with Crippen LogP contribution in [0.2, 0.25) is 0 Å². The maximum absolute atomic E-state index is 5.86. The van der Waals surface area contributed by atoms with E-state index in [4.69, 9.17) is 4.74 Å². The lowest BCUT2D eigenvalue weighted by Crippen LogP contribution is -2.53. The summed E-state index contributed by atoms with van der Waals surface area (Å²) in [5.41, 5.74) is 1.21. The number of fused-ring (bicyclic) bond motifs is 1. The van der Waals surface area contributed by atoms with Crippen molar-refractivity contribution in [1.82, 2.24) is 9.27 Å². The quantitative estimate of drug-likeness (QED) is 0.867. The van der Waals surface area contributed by atoms with E-state index in [1.165, 1.54) is 15.8 Å². The lowest BCUT2D eigenvalue weighted by molar-refractivity contribution is -0.110. The van der Waals surface area contributed by atoms with Gasteiger partial charge in [-0.3, -0.25) is 4.90 Å². The molecule has 20 heavy (non-hydrogen) atoms. The molecule has 1 aliphatic heterocycles. The molecule has 0 N–H and O–H groups in total. The Labute approximate surface area is 124 Å². The molecule has 4 heteroatoms. The van der Waals surface area contributed by atoms with Crippen LogP contribution >= 0.6 is 11.5 Å². The van der Waals surface area contributed by atoms with Crippen molar-refractivity contribution >= 4 is 21.6 Å². The summed E-state index contributed by atoms with van der Waals surface area (Å²) in [5.74, 6) is 0. The van der Waals surface area contributed by atoms with Crippen molar-refractivity contribution < 1.29 is 4.74 Å². The zero-order chi connectivity index (χ0) is 14.2. The van der Waals surface area contributed by atoms with Crippen LogP contribution in [0.5, 0.6) is 0 Å². The smallest absolute Gasteiger partial charge is 0.0753 e. The van der Waals surface area contributed by atoms with Gasteiger partial charge in [0.1, 0.15) is 0 Å². The summed E-state index contributed by atoms with van der Waals surface area (Å²) in [5, 5.41) is 1.32. The summed E-state index contributed by atoms with van der Waals surface area (Å²) >= 11 is 1.61. The number of benzene rings is 1. The molecule has 1 aromatic heterocycles. The molecule has 0 spiro atoms. The van der Waals surface area contributed by atoms with Crippen LogP contribution in [0.25, 0.3) is 10.1 Å². The fraction of sp³-hybridized carbons (Fsp3) is 0.562. The van der Waals surface area contributed by atoms with E-state index in [0.717, 1.165) is 26.1 Å². The zero-order valence-corrected chi connectivity index (χ0v) is 13.2. The molecule has 0 aliphatic carbocycles. The molecular weight excluding hydrogens is 268 g/mol. The van der Waals surface area contributed by atoms with Crippen LogP contribution in [0.1, 0.15) is 26.5 Å². The van der Waals surface area contributed by atoms with Gasteiger partial charge in [0.15, 0.2) is 0 Å². The van der Waals surface area contributed by atoms with Crippen molar-refractivity contribution in [1.29, 1.82) is 0 Å². The topological polar surface area (TPSA) is 25.4 Å². The minimum atomic E-state index is -0.0311. The average molecular weight is 290 g/mol. The van der Waals surface area contributed by atoms with Gasteiger partial charge in [-0.15, -0.1) is 0 Å². The standard InChI is InChI=1S/C16H22N2OS/c1-12-10-19-16(2,3)11-18(12)9-8-14-13-6-4-5-7-15(13)20-17-14/h4-7,12H,8-11H2,1-3H3/t12-/m0/s1. The highest BCUT2D eigenvalue weighted by atomic mass is 32.1. The average Bonchev–Trinajstić information content (AvgIpc) is 2.83. The Bertz CT molecular complexity index is 593. The molecule has 3 nitrogen and oxygen atoms in total. The molecule has 2 aromatic rings. The normalized spacial score (nSPS) is 23.2. The number of hydrogen-bond acceptors (Lipinski definition) is 4. The molecule has 1 aromatic carbocycles. The summed E-state index contributed by atoms with van der Waals surface area (Å²) in [7, 11) is 0. The van der Waals surface area contributed by atoms with Gasteiger partial charge in [-0.05, 0) is 38.4 Å². The maximum atomic E-state index is 5.86. The molecule has 0 amide bonds. The van der Waals surface area contributed by atoms with Gasteiger partial charge < -0.3 is 4.74 Å². The van der Waals surface area contributed by atoms with Crippen LogP contribution < -0.4 is 0 Å². The van der Waals surface area contributed by atoms with Crippen LogP contribution in [0, 0.1) is 0 Å². The zero-order valence-electron chi connectivity index (χ0n) is 12.4. The van der Waals surface area contributed by atoms with Crippen LogP contribution in [-0.4, -0.2) is 40.6 Å². The van der Waals surface area contributed by atoms with Gasteiger partial charge in [-0.1, -0.05) is 18.2 Å². The molecule has 108 valence electrons. The monoisotopic (exact) mass is 290 g/mol. The highest BCUT2D eigenvalue weighted by molar-refractivity contribution is 7.13. The summed E-state index contributed by atoms with van der Waals surface area (Å²) < 4.78 is 11.8. The maximum Gasteiger partial charge on any atom is 0.0753 e. The summed E-state index contributed by atoms with van der Waals surface area (Å²) in [4.78, 5) is 2.53. The van der Waals surface area contributed by atoms with E-state index in [1.807, 2.05) is 0 Å². The first kappa shape index (κ1) is 14.0.